The lowest BCUT2D eigenvalue weighted by molar-refractivity contribution is -0.364. The Hall–Kier alpha value is -8.59. The molecule has 786 valence electrons. The van der Waals surface area contributed by atoms with Gasteiger partial charge in [-0.3, -0.25) is 10.5 Å². The predicted octanol–water partition coefficient (Wildman–Crippen LogP) is 20.3. The molecule has 11 heterocycles. The molecule has 21 nitrogen and oxygen atoms in total. The fourth-order valence-electron chi connectivity index (χ4n) is 21.4. The summed E-state index contributed by atoms with van der Waals surface area (Å²) < 4.78 is 132. The molecule has 12 rings (SSSR count). The molecular formula is C109H168B4F8N12O9. The standard InChI is InChI=1S/C38H62BF2N3O3.C27H41BF2N2O2.C25H38BF2N3O2.C19H27BF2N4O2/c1-4-5-6-7-8-9-13-16-19-22-25-38(47)42-35(30-45)37(46)24-21-18-15-12-10-11-14-17-20-23-33-26-27-34-29-36-31(2)28-32(3)43(36)39(40,41)44(33)34;1-18-15-19(2)26-25(18)22(27-20(3)16-21(4)32(27)28(26,29)30)13-11-9-7-5-6-8-10-12-14-24(34)23(31)17-33;1-19-16-20(2)30-24(19)17-22-15-14-21(31(22)26(30,27)28)12-10-8-6-4-3-5-7-9-11-13-25(33)23(29)18-32;1-13-10-19(24)26-17(13)11-15-9-8-14(25(15)20(26,21)22)6-4-2-3-5-7-18(28)16(23)12-27/h21,24,26-29,35,37,45-46H,4-20,22-23,25,30H2,1-3H3,(H,42,47);12,14-16,23-24,26,33-34H,5-11,13,17,31H2,1-4H3;11,13-17,23,25,32-33H,3-10,12,18,29H2,1-2H3;5,7-11,16,18,27-28H,2-4,6,12,23-24H2,1H3/b24-21+;14-12+;13-11+;7-5+/t35-,37+;23-,24+,26?;23-,25+;16-,18+/m0000/s1. The van der Waals surface area contributed by atoms with Crippen LogP contribution in [0.1, 0.15) is 344 Å². The minimum atomic E-state index is -4.02. The number of aliphatic hydroxyl groups excluding tert-OH is 8. The van der Waals surface area contributed by atoms with Gasteiger partial charge in [-0.15, -0.1) is 0 Å². The molecule has 9 atom stereocenters. The third-order valence-electron chi connectivity index (χ3n) is 29.2. The number of aryl methyl sites for hydroxylation is 5. The molecule has 8 aliphatic heterocycles. The zero-order valence-electron chi connectivity index (χ0n) is 86.5. The summed E-state index contributed by atoms with van der Waals surface area (Å²) in [7, 11) is 0. The fourth-order valence-corrected chi connectivity index (χ4v) is 21.4. The van der Waals surface area contributed by atoms with Crippen LogP contribution in [-0.4, -0.2) is 204 Å². The zero-order valence-corrected chi connectivity index (χ0v) is 86.5. The number of hydrogen-bond acceptors (Lipinski definition) is 13. The van der Waals surface area contributed by atoms with Crippen molar-refractivity contribution in [3.63, 3.8) is 0 Å². The number of aromatic nitrogens is 3. The molecule has 142 heavy (non-hydrogen) atoms. The zero-order chi connectivity index (χ0) is 104. The van der Waals surface area contributed by atoms with Crippen LogP contribution in [0.25, 0.3) is 18.2 Å². The predicted molar refractivity (Wildman–Crippen MR) is 567 cm³/mol. The second-order valence-corrected chi connectivity index (χ2v) is 40.8. The van der Waals surface area contributed by atoms with E-state index in [1.807, 2.05) is 114 Å². The highest BCUT2D eigenvalue weighted by Gasteiger charge is 2.60. The lowest BCUT2D eigenvalue weighted by atomic mass is 9.54. The number of hydrogen-bond donors (Lipinski definition) is 13. The molecule has 9 aliphatic rings. The van der Waals surface area contributed by atoms with Gasteiger partial charge < -0.3 is 129 Å². The quantitative estimate of drug-likeness (QED) is 0.0108. The molecule has 33 heteroatoms. The van der Waals surface area contributed by atoms with E-state index >= 15 is 34.5 Å². The van der Waals surface area contributed by atoms with Gasteiger partial charge in [0, 0.05) is 115 Å². The first kappa shape index (κ1) is 117. The number of fused-ring (bicyclic) bond motifs is 8. The lowest BCUT2D eigenvalue weighted by Crippen LogP contribution is -2.52. The molecule has 0 saturated heterocycles. The Labute approximate surface area is 840 Å². The number of amides is 1. The molecule has 0 saturated carbocycles. The first-order chi connectivity index (χ1) is 67.8. The van der Waals surface area contributed by atoms with Crippen molar-refractivity contribution in [2.45, 2.75) is 387 Å². The van der Waals surface area contributed by atoms with Crippen molar-refractivity contribution in [3.05, 3.63) is 217 Å². The molecular weight excluding hydrogens is 1820 g/mol. The third kappa shape index (κ3) is 31.0. The summed E-state index contributed by atoms with van der Waals surface area (Å²) in [4.78, 5) is 12.3. The van der Waals surface area contributed by atoms with Crippen molar-refractivity contribution in [1.29, 1.82) is 0 Å². The number of nitrogens with zero attached hydrogens (tertiary/aromatic N) is 7. The summed E-state index contributed by atoms with van der Waals surface area (Å²) in [6.07, 6.45) is 70.7. The Kier molecular flexibility index (Phi) is 46.9. The highest BCUT2D eigenvalue weighted by molar-refractivity contribution is 6.63. The SMILES string of the molecule is CC1=CC(C)=[N+]2C1=C(CCCCCCCC/C=C/[C@@H](O)[C@@H](N)CO)C1=C(C)C=C(C)C1[B-]2(F)F.CC1=CC(N)=[N+]2C1=Cc1ccc(CCCC/C=C/[C@@H](O)[C@@H](N)CO)n1[B-]2(F)F.CCCCCCCCCCCCC(=O)N[C@@H](CO)[C@H](O)/C=C/CCCCCCCCCC1=[N+]2C(=Cc3c(C)cc(C)n3[B-]2(F)F)C=C1.Cc1cc(C)n2c1C=C1C=CC(CCCCCCCCC/C=C/[C@@H](O)[C@@H](N)CO)=[N+]1[B-]2(F)F. The molecule has 3 aromatic rings. The second kappa shape index (κ2) is 56.9. The molecule has 1 amide bonds. The van der Waals surface area contributed by atoms with Crippen molar-refractivity contribution in [1.82, 2.24) is 18.8 Å². The van der Waals surface area contributed by atoms with Crippen molar-refractivity contribution in [2.75, 3.05) is 26.4 Å². The van der Waals surface area contributed by atoms with Crippen LogP contribution in [0.3, 0.4) is 0 Å². The van der Waals surface area contributed by atoms with Gasteiger partial charge in [0.25, 0.3) is 0 Å². The van der Waals surface area contributed by atoms with Crippen molar-refractivity contribution in [2.24, 2.45) is 22.9 Å². The molecule has 0 radical (unpaired) electrons. The Bertz CT molecular complexity index is 5310. The molecule has 3 aromatic heterocycles. The largest absolute Gasteiger partial charge is 0.737 e. The number of rotatable bonds is 58. The van der Waals surface area contributed by atoms with Crippen LogP contribution >= 0.6 is 0 Å². The average Bonchev–Trinajstić information content (AvgIpc) is 1.54. The van der Waals surface area contributed by atoms with E-state index in [1.165, 1.54) is 67.4 Å². The Balaban J connectivity index is 0.000000215. The summed E-state index contributed by atoms with van der Waals surface area (Å²) in [5.74, 6) is -0.822. The van der Waals surface area contributed by atoms with Gasteiger partial charge in [-0.25, -0.2) is 0 Å². The summed E-state index contributed by atoms with van der Waals surface area (Å²) in [6, 6.07) is 4.52. The minimum Gasteiger partial charge on any atom is -0.420 e. The van der Waals surface area contributed by atoms with E-state index in [0.717, 1.165) is 251 Å². The fraction of sp³-hybridized carbons (Fsp3) is 0.587. The maximum Gasteiger partial charge on any atom is 0.737 e. The maximum atomic E-state index is 15.6. The molecule has 0 aromatic carbocycles. The molecule has 0 fully saturated rings. The average molecular weight is 1990 g/mol. The number of carbonyl (C=O) groups excluding carboxylic acids is 1. The number of amidine groups is 1. The van der Waals surface area contributed by atoms with Crippen LogP contribution < -0.4 is 28.3 Å². The number of nitrogens with one attached hydrogen (secondary N) is 1. The molecule has 1 aliphatic carbocycles. The normalized spacial score (nSPS) is 19.3. The molecule has 0 spiro atoms. The monoisotopic (exact) mass is 1990 g/mol. The topological polar surface area (TPSA) is 322 Å². The van der Waals surface area contributed by atoms with Crippen molar-refractivity contribution >= 4 is 74.9 Å². The number of aliphatic hydroxyl groups is 8. The Morgan fingerprint density at radius 1 is 0.437 bits per heavy atom. The van der Waals surface area contributed by atoms with Gasteiger partial charge in [-0.1, -0.05) is 220 Å². The van der Waals surface area contributed by atoms with Crippen LogP contribution in [0.15, 0.2) is 172 Å². The van der Waals surface area contributed by atoms with E-state index in [1.54, 1.807) is 82.4 Å². The van der Waals surface area contributed by atoms with Gasteiger partial charge in [0.05, 0.1) is 80.7 Å². The lowest BCUT2D eigenvalue weighted by Gasteiger charge is -2.37. The highest BCUT2D eigenvalue weighted by atomic mass is 19.3. The number of carbonyl (C=O) groups is 1. The van der Waals surface area contributed by atoms with Crippen molar-refractivity contribution < 1.29 is 98.1 Å². The van der Waals surface area contributed by atoms with Gasteiger partial charge in [0.15, 0.2) is 17.1 Å². The van der Waals surface area contributed by atoms with Gasteiger partial charge in [0.1, 0.15) is 17.1 Å². The molecule has 0 bridgehead atoms. The van der Waals surface area contributed by atoms with Crippen LogP contribution in [0.2, 0.25) is 5.82 Å². The Morgan fingerprint density at radius 3 is 1.27 bits per heavy atom. The third-order valence-corrected chi connectivity index (χ3v) is 29.2. The van der Waals surface area contributed by atoms with Gasteiger partial charge in [-0.05, 0) is 215 Å². The molecule has 17 N–H and O–H groups in total. The summed E-state index contributed by atoms with van der Waals surface area (Å²) in [5, 5.41) is 78.6. The summed E-state index contributed by atoms with van der Waals surface area (Å²) in [5.41, 5.74) is 37.8. The first-order valence-electron chi connectivity index (χ1n) is 53.3. The van der Waals surface area contributed by atoms with Gasteiger partial charge in [0.2, 0.25) is 11.7 Å². The molecule has 1 unspecified atom stereocenters. The van der Waals surface area contributed by atoms with E-state index in [2.05, 4.69) is 12.2 Å². The first-order valence-corrected chi connectivity index (χ1v) is 53.3. The van der Waals surface area contributed by atoms with Gasteiger partial charge >= 0.3 is 27.7 Å². The van der Waals surface area contributed by atoms with E-state index in [0.29, 0.717) is 94.8 Å². The summed E-state index contributed by atoms with van der Waals surface area (Å²) in [6.45, 7) is 2.38. The van der Waals surface area contributed by atoms with Crippen LogP contribution in [0, 0.1) is 27.7 Å². The summed E-state index contributed by atoms with van der Waals surface area (Å²) >= 11 is 0. The number of nitrogens with two attached hydrogens (primary N) is 4. The van der Waals surface area contributed by atoms with E-state index in [9.17, 15) is 30.3 Å². The Morgan fingerprint density at radius 2 is 0.831 bits per heavy atom. The van der Waals surface area contributed by atoms with Crippen LogP contribution in [0.5, 0.6) is 0 Å². The highest BCUT2D eigenvalue weighted by Crippen LogP contribution is 2.56. The van der Waals surface area contributed by atoms with E-state index < -0.39 is 82.1 Å². The van der Waals surface area contributed by atoms with E-state index in [4.69, 9.17) is 38.3 Å². The number of allylic oxidation sites excluding steroid dienone is 16. The number of unbranched alkanes of at least 4 members (excludes halogenated alkanes) is 31. The van der Waals surface area contributed by atoms with E-state index in [-0.39, 0.29) is 38.2 Å². The smallest absolute Gasteiger partial charge is 0.420 e. The minimum absolute atomic E-state index is 0.0730. The number of halogens is 8. The van der Waals surface area contributed by atoms with Crippen LogP contribution in [0.4, 0.5) is 34.5 Å². The van der Waals surface area contributed by atoms with Crippen molar-refractivity contribution in [3.8, 4) is 0 Å². The van der Waals surface area contributed by atoms with Crippen LogP contribution in [-0.2, 0) is 11.2 Å². The maximum absolute atomic E-state index is 15.6. The second-order valence-electron chi connectivity index (χ2n) is 40.8. The van der Waals surface area contributed by atoms with Gasteiger partial charge in [-0.2, -0.15) is 0 Å².